The minimum Gasteiger partial charge on any atom is -0.404 e. The van der Waals surface area contributed by atoms with Crippen LogP contribution < -0.4 is 10.1 Å². The highest BCUT2D eigenvalue weighted by molar-refractivity contribution is 7.09. The van der Waals surface area contributed by atoms with Crippen LogP contribution >= 0.6 is 11.3 Å². The molecule has 1 aromatic carbocycles. The first kappa shape index (κ1) is 13.7. The van der Waals surface area contributed by atoms with Gasteiger partial charge in [-0.1, -0.05) is 12.1 Å². The molecule has 0 bridgehead atoms. The summed E-state index contributed by atoms with van der Waals surface area (Å²) in [4.78, 5) is 4.22. The molecule has 0 radical (unpaired) electrons. The smallest absolute Gasteiger partial charge is 0.404 e. The zero-order chi connectivity index (χ0) is 13.9. The van der Waals surface area contributed by atoms with Gasteiger partial charge < -0.3 is 10.1 Å². The number of benzene rings is 1. The van der Waals surface area contributed by atoms with Gasteiger partial charge >= 0.3 is 6.36 Å². The van der Waals surface area contributed by atoms with E-state index in [1.165, 1.54) is 29.5 Å². The van der Waals surface area contributed by atoms with Crippen molar-refractivity contribution in [2.45, 2.75) is 19.8 Å². The Balaban J connectivity index is 2.07. The first-order valence-electron chi connectivity index (χ1n) is 5.44. The highest BCUT2D eigenvalue weighted by Gasteiger charge is 2.32. The molecule has 1 aromatic heterocycles. The average molecular weight is 288 g/mol. The van der Waals surface area contributed by atoms with Gasteiger partial charge in [0.1, 0.15) is 5.01 Å². The van der Waals surface area contributed by atoms with Gasteiger partial charge in [-0.2, -0.15) is 0 Å². The van der Waals surface area contributed by atoms with Crippen molar-refractivity contribution in [3.05, 3.63) is 40.3 Å². The van der Waals surface area contributed by atoms with Crippen LogP contribution in [-0.2, 0) is 6.54 Å². The van der Waals surface area contributed by atoms with E-state index in [0.717, 1.165) is 10.7 Å². The maximum absolute atomic E-state index is 12.2. The number of thiazole rings is 1. The van der Waals surface area contributed by atoms with Crippen LogP contribution in [-0.4, -0.2) is 11.3 Å². The molecule has 2 aromatic rings. The second kappa shape index (κ2) is 5.48. The highest BCUT2D eigenvalue weighted by atomic mass is 32.1. The number of nitrogens with one attached hydrogen (secondary N) is 1. The molecule has 0 saturated heterocycles. The van der Waals surface area contributed by atoms with Crippen LogP contribution in [0.15, 0.2) is 29.6 Å². The molecule has 2 rings (SSSR count). The van der Waals surface area contributed by atoms with E-state index in [2.05, 4.69) is 15.0 Å². The molecule has 0 aliphatic rings. The third kappa shape index (κ3) is 4.13. The maximum Gasteiger partial charge on any atom is 0.573 e. The summed E-state index contributed by atoms with van der Waals surface area (Å²) >= 11 is 1.45. The predicted molar refractivity (Wildman–Crippen MR) is 67.3 cm³/mol. The lowest BCUT2D eigenvalue weighted by molar-refractivity contribution is -0.274. The Hall–Kier alpha value is -1.76. The Bertz CT molecular complexity index is 554. The molecule has 3 nitrogen and oxygen atoms in total. The van der Waals surface area contributed by atoms with Gasteiger partial charge in [0.25, 0.3) is 0 Å². The van der Waals surface area contributed by atoms with E-state index >= 15 is 0 Å². The average Bonchev–Trinajstić information content (AvgIpc) is 2.72. The monoisotopic (exact) mass is 288 g/mol. The molecular formula is C12H11F3N2OS. The summed E-state index contributed by atoms with van der Waals surface area (Å²) in [6.07, 6.45) is -4.70. The van der Waals surface area contributed by atoms with Gasteiger partial charge in [-0.05, 0) is 19.1 Å². The van der Waals surface area contributed by atoms with Gasteiger partial charge in [0.05, 0.1) is 12.2 Å². The summed E-state index contributed by atoms with van der Waals surface area (Å²) in [7, 11) is 0. The highest BCUT2D eigenvalue weighted by Crippen LogP contribution is 2.30. The van der Waals surface area contributed by atoms with Crippen LogP contribution in [0, 0.1) is 6.92 Å². The molecule has 7 heteroatoms. The van der Waals surface area contributed by atoms with Crippen LogP contribution in [0.4, 0.5) is 18.9 Å². The molecule has 0 atom stereocenters. The second-order valence-electron chi connectivity index (χ2n) is 3.78. The third-order valence-corrected chi connectivity index (χ3v) is 3.18. The van der Waals surface area contributed by atoms with Crippen molar-refractivity contribution in [2.75, 3.05) is 5.32 Å². The minimum absolute atomic E-state index is 0.247. The molecule has 102 valence electrons. The Kier molecular flexibility index (Phi) is 3.94. The molecule has 0 fully saturated rings. The van der Waals surface area contributed by atoms with Crippen molar-refractivity contribution in [3.8, 4) is 5.75 Å². The predicted octanol–water partition coefficient (Wildman–Crippen LogP) is 3.96. The number of aryl methyl sites for hydroxylation is 1. The maximum atomic E-state index is 12.2. The van der Waals surface area contributed by atoms with E-state index in [9.17, 15) is 13.2 Å². The SMILES string of the molecule is Cc1csc(CNc2ccccc2OC(F)(F)F)n1. The van der Waals surface area contributed by atoms with E-state index < -0.39 is 6.36 Å². The lowest BCUT2D eigenvalue weighted by Crippen LogP contribution is -2.18. The van der Waals surface area contributed by atoms with Gasteiger partial charge in [0.2, 0.25) is 0 Å². The van der Waals surface area contributed by atoms with E-state index in [-0.39, 0.29) is 11.4 Å². The molecule has 0 spiro atoms. The Morgan fingerprint density at radius 3 is 2.68 bits per heavy atom. The summed E-state index contributed by atoms with van der Waals surface area (Å²) in [6.45, 7) is 2.22. The van der Waals surface area contributed by atoms with Gasteiger partial charge in [0.15, 0.2) is 5.75 Å². The molecule has 0 aliphatic heterocycles. The van der Waals surface area contributed by atoms with Crippen LogP contribution in [0.5, 0.6) is 5.75 Å². The number of anilines is 1. The molecule has 19 heavy (non-hydrogen) atoms. The number of halogens is 3. The summed E-state index contributed by atoms with van der Waals surface area (Å²) < 4.78 is 40.6. The second-order valence-corrected chi connectivity index (χ2v) is 4.72. The number of rotatable bonds is 4. The normalized spacial score (nSPS) is 11.4. The van der Waals surface area contributed by atoms with Crippen molar-refractivity contribution in [3.63, 3.8) is 0 Å². The first-order chi connectivity index (χ1) is 8.94. The van der Waals surface area contributed by atoms with Gasteiger partial charge in [-0.15, -0.1) is 24.5 Å². The largest absolute Gasteiger partial charge is 0.573 e. The number of aromatic nitrogens is 1. The first-order valence-corrected chi connectivity index (χ1v) is 6.32. The van der Waals surface area contributed by atoms with Crippen LogP contribution in [0.1, 0.15) is 10.7 Å². The number of alkyl halides is 3. The number of nitrogens with zero attached hydrogens (tertiary/aromatic N) is 1. The quantitative estimate of drug-likeness (QED) is 0.924. The van der Waals surface area contributed by atoms with Gasteiger partial charge in [-0.3, -0.25) is 0 Å². The van der Waals surface area contributed by atoms with E-state index in [1.807, 2.05) is 12.3 Å². The van der Waals surface area contributed by atoms with Gasteiger partial charge in [0, 0.05) is 11.1 Å². The van der Waals surface area contributed by atoms with Gasteiger partial charge in [-0.25, -0.2) is 4.98 Å². The summed E-state index contributed by atoms with van der Waals surface area (Å²) in [5.74, 6) is -0.247. The number of ether oxygens (including phenoxy) is 1. The van der Waals surface area contributed by atoms with Crippen molar-refractivity contribution >= 4 is 17.0 Å². The zero-order valence-corrected chi connectivity index (χ0v) is 10.8. The molecular weight excluding hydrogens is 277 g/mol. The van der Waals surface area contributed by atoms with E-state index in [4.69, 9.17) is 0 Å². The molecule has 1 N–H and O–H groups in total. The molecule has 1 heterocycles. The van der Waals surface area contributed by atoms with Crippen molar-refractivity contribution in [1.29, 1.82) is 0 Å². The Morgan fingerprint density at radius 2 is 2.05 bits per heavy atom. The molecule has 0 unspecified atom stereocenters. The van der Waals surface area contributed by atoms with E-state index in [0.29, 0.717) is 6.54 Å². The fraction of sp³-hybridized carbons (Fsp3) is 0.250. The van der Waals surface area contributed by atoms with Crippen molar-refractivity contribution < 1.29 is 17.9 Å². The number of hydrogen-bond acceptors (Lipinski definition) is 4. The fourth-order valence-corrected chi connectivity index (χ4v) is 2.19. The number of para-hydroxylation sites is 2. The molecule has 0 amide bonds. The zero-order valence-electron chi connectivity index (χ0n) is 9.99. The third-order valence-electron chi connectivity index (χ3n) is 2.21. The standard InChI is InChI=1S/C12H11F3N2OS/c1-8-7-19-11(17-8)6-16-9-4-2-3-5-10(9)18-12(13,14)15/h2-5,7,16H,6H2,1H3. The Morgan fingerprint density at radius 1 is 1.32 bits per heavy atom. The lowest BCUT2D eigenvalue weighted by Gasteiger charge is -2.13. The molecule has 0 aliphatic carbocycles. The fourth-order valence-electron chi connectivity index (χ4n) is 1.48. The van der Waals surface area contributed by atoms with Crippen LogP contribution in [0.25, 0.3) is 0 Å². The topological polar surface area (TPSA) is 34.1 Å². The minimum atomic E-state index is -4.70. The molecule has 0 saturated carbocycles. The lowest BCUT2D eigenvalue weighted by atomic mass is 10.3. The van der Waals surface area contributed by atoms with Crippen molar-refractivity contribution in [2.24, 2.45) is 0 Å². The summed E-state index contributed by atoms with van der Waals surface area (Å²) in [5, 5.41) is 5.58. The summed E-state index contributed by atoms with van der Waals surface area (Å²) in [6, 6.07) is 5.92. The van der Waals surface area contributed by atoms with Crippen LogP contribution in [0.3, 0.4) is 0 Å². The van der Waals surface area contributed by atoms with Crippen LogP contribution in [0.2, 0.25) is 0 Å². The van der Waals surface area contributed by atoms with Crippen molar-refractivity contribution in [1.82, 2.24) is 4.98 Å². The number of hydrogen-bond donors (Lipinski definition) is 1. The Labute approximate surface area is 112 Å². The van der Waals surface area contributed by atoms with E-state index in [1.54, 1.807) is 6.07 Å². The summed E-state index contributed by atoms with van der Waals surface area (Å²) in [5.41, 5.74) is 1.18.